The molecule has 2 rings (SSSR count). The molecule has 1 aliphatic rings. The van der Waals surface area contributed by atoms with Crippen molar-refractivity contribution in [3.05, 3.63) is 24.3 Å². The zero-order chi connectivity index (χ0) is 20.9. The zero-order valence-electron chi connectivity index (χ0n) is 16.1. The van der Waals surface area contributed by atoms with Crippen LogP contribution in [0.1, 0.15) is 20.3 Å². The van der Waals surface area contributed by atoms with Gasteiger partial charge in [0.15, 0.2) is 0 Å². The maximum atomic E-state index is 13.0. The molecule has 0 saturated carbocycles. The van der Waals surface area contributed by atoms with Crippen LogP contribution in [0.5, 0.6) is 5.75 Å². The minimum atomic E-state index is -3.92. The first kappa shape index (κ1) is 22.1. The van der Waals surface area contributed by atoms with E-state index in [9.17, 15) is 18.0 Å². The number of hydrogen-bond donors (Lipinski definition) is 2. The van der Waals surface area contributed by atoms with Crippen LogP contribution in [0.3, 0.4) is 0 Å². The second kappa shape index (κ2) is 9.35. The van der Waals surface area contributed by atoms with Crippen LogP contribution in [0, 0.1) is 5.92 Å². The number of sulfonamides is 1. The van der Waals surface area contributed by atoms with Crippen LogP contribution < -0.4 is 9.46 Å². The lowest BCUT2D eigenvalue weighted by molar-refractivity contribution is -0.149. The Morgan fingerprint density at radius 1 is 1.32 bits per heavy atom. The molecule has 1 amide bonds. The minimum Gasteiger partial charge on any atom is -0.497 e. The number of methoxy groups -OCH3 is 1. The fraction of sp³-hybridized carbons (Fsp3) is 0.556. The van der Waals surface area contributed by atoms with E-state index in [1.807, 2.05) is 0 Å². The first-order valence-corrected chi connectivity index (χ1v) is 10.4. The highest BCUT2D eigenvalue weighted by molar-refractivity contribution is 7.89. The average molecular weight is 414 g/mol. The predicted molar refractivity (Wildman–Crippen MR) is 101 cm³/mol. The smallest absolute Gasteiger partial charge is 0.306 e. The number of aliphatic carboxylic acids is 1. The number of amides is 1. The molecular weight excluding hydrogens is 388 g/mol. The predicted octanol–water partition coefficient (Wildman–Crippen LogP) is 0.700. The lowest BCUT2D eigenvalue weighted by atomic mass is 10.0. The number of rotatable bonds is 8. The van der Waals surface area contributed by atoms with Crippen LogP contribution in [0.25, 0.3) is 0 Å². The van der Waals surface area contributed by atoms with E-state index in [1.165, 1.54) is 36.3 Å². The van der Waals surface area contributed by atoms with Gasteiger partial charge < -0.3 is 19.5 Å². The second-order valence-electron chi connectivity index (χ2n) is 6.89. The summed E-state index contributed by atoms with van der Waals surface area (Å²) < 4.78 is 38.3. The topological polar surface area (TPSA) is 122 Å². The molecule has 9 nitrogen and oxygen atoms in total. The molecule has 2 atom stereocenters. The van der Waals surface area contributed by atoms with E-state index in [0.717, 1.165) is 0 Å². The van der Waals surface area contributed by atoms with Gasteiger partial charge in [-0.25, -0.2) is 8.42 Å². The Balaban J connectivity index is 2.15. The quantitative estimate of drug-likeness (QED) is 0.642. The molecule has 1 aliphatic heterocycles. The third kappa shape index (κ3) is 5.66. The lowest BCUT2D eigenvalue weighted by Crippen LogP contribution is -2.55. The largest absolute Gasteiger partial charge is 0.497 e. The van der Waals surface area contributed by atoms with Crippen molar-refractivity contribution in [2.24, 2.45) is 5.92 Å². The van der Waals surface area contributed by atoms with Crippen molar-refractivity contribution in [3.8, 4) is 5.75 Å². The van der Waals surface area contributed by atoms with Crippen molar-refractivity contribution in [2.45, 2.75) is 37.3 Å². The molecule has 1 aromatic rings. The number of morpholine rings is 1. The highest BCUT2D eigenvalue weighted by atomic mass is 32.2. The van der Waals surface area contributed by atoms with E-state index in [-0.39, 0.29) is 36.9 Å². The number of carboxylic acid groups (broad SMARTS) is 1. The zero-order valence-corrected chi connectivity index (χ0v) is 16.9. The number of hydrogen-bond acceptors (Lipinski definition) is 6. The molecular formula is C18H26N2O7S. The van der Waals surface area contributed by atoms with Gasteiger partial charge in [-0.1, -0.05) is 13.8 Å². The number of nitrogens with one attached hydrogen (secondary N) is 1. The van der Waals surface area contributed by atoms with E-state index >= 15 is 0 Å². The summed E-state index contributed by atoms with van der Waals surface area (Å²) >= 11 is 0. The summed E-state index contributed by atoms with van der Waals surface area (Å²) in [5, 5.41) is 8.92. The molecule has 156 valence electrons. The Bertz CT molecular complexity index is 793. The molecule has 1 heterocycles. The van der Waals surface area contributed by atoms with Crippen molar-refractivity contribution in [1.29, 1.82) is 0 Å². The Hall–Kier alpha value is -2.17. The summed E-state index contributed by atoms with van der Waals surface area (Å²) in [5.74, 6) is -1.19. The Morgan fingerprint density at radius 2 is 1.96 bits per heavy atom. The van der Waals surface area contributed by atoms with Crippen LogP contribution in [0.4, 0.5) is 0 Å². The van der Waals surface area contributed by atoms with Gasteiger partial charge in [-0.05, 0) is 30.2 Å². The Labute approximate surface area is 164 Å². The molecule has 0 bridgehead atoms. The number of benzene rings is 1. The molecule has 0 aliphatic carbocycles. The summed E-state index contributed by atoms with van der Waals surface area (Å²) in [7, 11) is -2.44. The standard InChI is InChI=1S/C18H26N2O7S/c1-12(2)17(18(23)20-8-9-27-14(11-20)10-16(21)22)19-28(24,25)15-6-4-13(26-3)5-7-15/h4-7,12,14,17,19H,8-11H2,1-3H3,(H,21,22). The maximum Gasteiger partial charge on any atom is 0.306 e. The highest BCUT2D eigenvalue weighted by Gasteiger charge is 2.34. The summed E-state index contributed by atoms with van der Waals surface area (Å²) in [5.41, 5.74) is 0. The van der Waals surface area contributed by atoms with Crippen LogP contribution in [-0.2, 0) is 24.3 Å². The first-order chi connectivity index (χ1) is 13.1. The van der Waals surface area contributed by atoms with E-state index < -0.39 is 34.0 Å². The van der Waals surface area contributed by atoms with E-state index in [2.05, 4.69) is 4.72 Å². The highest BCUT2D eigenvalue weighted by Crippen LogP contribution is 2.18. The van der Waals surface area contributed by atoms with Crippen molar-refractivity contribution >= 4 is 21.9 Å². The van der Waals surface area contributed by atoms with E-state index in [4.69, 9.17) is 14.6 Å². The van der Waals surface area contributed by atoms with Crippen molar-refractivity contribution in [2.75, 3.05) is 26.8 Å². The van der Waals surface area contributed by atoms with Gasteiger partial charge in [-0.3, -0.25) is 9.59 Å². The Morgan fingerprint density at radius 3 is 2.50 bits per heavy atom. The third-order valence-corrected chi connectivity index (χ3v) is 5.89. The number of nitrogens with zero attached hydrogens (tertiary/aromatic N) is 1. The van der Waals surface area contributed by atoms with Crippen molar-refractivity contribution in [1.82, 2.24) is 9.62 Å². The van der Waals surface area contributed by atoms with Crippen molar-refractivity contribution in [3.63, 3.8) is 0 Å². The van der Waals surface area contributed by atoms with Gasteiger partial charge in [0, 0.05) is 13.1 Å². The summed E-state index contributed by atoms with van der Waals surface area (Å²) in [6.07, 6.45) is -0.825. The summed E-state index contributed by atoms with van der Waals surface area (Å²) in [4.78, 5) is 25.3. The van der Waals surface area contributed by atoms with E-state index in [0.29, 0.717) is 5.75 Å². The molecule has 0 spiro atoms. The molecule has 1 fully saturated rings. The fourth-order valence-electron chi connectivity index (χ4n) is 2.90. The number of ether oxygens (including phenoxy) is 2. The summed E-state index contributed by atoms with van der Waals surface area (Å²) in [6, 6.07) is 4.88. The minimum absolute atomic E-state index is 0.0254. The molecule has 1 saturated heterocycles. The van der Waals surface area contributed by atoms with Crippen LogP contribution in [0.2, 0.25) is 0 Å². The molecule has 10 heteroatoms. The second-order valence-corrected chi connectivity index (χ2v) is 8.61. The first-order valence-electron chi connectivity index (χ1n) is 8.92. The van der Waals surface area contributed by atoms with Crippen LogP contribution >= 0.6 is 0 Å². The number of carboxylic acids is 1. The van der Waals surface area contributed by atoms with Gasteiger partial charge >= 0.3 is 5.97 Å². The Kier molecular flexibility index (Phi) is 7.39. The summed E-state index contributed by atoms with van der Waals surface area (Å²) in [6.45, 7) is 4.09. The SMILES string of the molecule is COc1ccc(S(=O)(=O)NC(C(=O)N2CCOC(CC(=O)O)C2)C(C)C)cc1. The average Bonchev–Trinajstić information content (AvgIpc) is 2.65. The maximum absolute atomic E-state index is 13.0. The van der Waals surface area contributed by atoms with Crippen molar-refractivity contribution < 1.29 is 32.6 Å². The lowest BCUT2D eigenvalue weighted by Gasteiger charge is -2.35. The van der Waals surface area contributed by atoms with Crippen LogP contribution in [-0.4, -0.2) is 69.3 Å². The van der Waals surface area contributed by atoms with Gasteiger partial charge in [0.1, 0.15) is 11.8 Å². The van der Waals surface area contributed by atoms with E-state index in [1.54, 1.807) is 13.8 Å². The molecule has 0 radical (unpaired) electrons. The number of carbonyl (C=O) groups excluding carboxylic acids is 1. The van der Waals surface area contributed by atoms with Gasteiger partial charge in [0.05, 0.1) is 31.1 Å². The third-order valence-electron chi connectivity index (χ3n) is 4.44. The molecule has 2 N–H and O–H groups in total. The molecule has 0 aromatic heterocycles. The van der Waals surface area contributed by atoms with Gasteiger partial charge in [-0.2, -0.15) is 4.72 Å². The number of carbonyl (C=O) groups is 2. The molecule has 2 unspecified atom stereocenters. The molecule has 28 heavy (non-hydrogen) atoms. The van der Waals surface area contributed by atoms with Crippen LogP contribution in [0.15, 0.2) is 29.2 Å². The van der Waals surface area contributed by atoms with Gasteiger partial charge in [0.25, 0.3) is 0 Å². The van der Waals surface area contributed by atoms with Gasteiger partial charge in [0.2, 0.25) is 15.9 Å². The molecule has 1 aromatic carbocycles. The fourth-order valence-corrected chi connectivity index (χ4v) is 4.23. The monoisotopic (exact) mass is 414 g/mol. The normalized spacial score (nSPS) is 18.7. The van der Waals surface area contributed by atoms with Gasteiger partial charge in [-0.15, -0.1) is 0 Å².